The molecule has 7 heteroatoms. The monoisotopic (exact) mass is 657 g/mol. The van der Waals surface area contributed by atoms with E-state index in [2.05, 4.69) is 59.9 Å². The summed E-state index contributed by atoms with van der Waals surface area (Å²) in [7, 11) is -5.81. The Balaban J connectivity index is -0.000000579. The van der Waals surface area contributed by atoms with Crippen LogP contribution in [0.5, 0.6) is 0 Å². The molecule has 0 bridgehead atoms. The fourth-order valence-corrected chi connectivity index (χ4v) is 16.5. The zero-order chi connectivity index (χ0) is 32.6. The van der Waals surface area contributed by atoms with Crippen LogP contribution in [0, 0.1) is 0 Å². The van der Waals surface area contributed by atoms with Crippen LogP contribution in [-0.4, -0.2) is 55.9 Å². The summed E-state index contributed by atoms with van der Waals surface area (Å²) in [6.45, 7) is 20.6. The Hall–Kier alpha value is 0.970. The van der Waals surface area contributed by atoms with Gasteiger partial charge in [0.15, 0.2) is 0 Å². The lowest BCUT2D eigenvalue weighted by Gasteiger charge is -2.28. The number of hydrogen-bond donors (Lipinski definition) is 0. The minimum Gasteiger partial charge on any atom is -0.790 e. The van der Waals surface area contributed by atoms with Crippen LogP contribution in [0.4, 0.5) is 0 Å². The second-order valence-electron chi connectivity index (χ2n) is 12.6. The standard InChI is InChI=1S/2C16H36P.C3H9O4P/c2*1-5-9-13-17(14-10-6-2,15-11-7-3)16-12-8-4;1-2-3-7-8(4,5)6/h2*5-16H2,1-4H3;2-3H2,1H3,(H2,4,5,6)/q2*+1;/p-2. The first-order chi connectivity index (χ1) is 20.0. The normalized spacial score (nSPS) is 12.0. The number of hydrogen-bond acceptors (Lipinski definition) is 4. The molecule has 0 atom stereocenters. The summed E-state index contributed by atoms with van der Waals surface area (Å²) >= 11 is 0. The minimum atomic E-state index is -4.68. The second kappa shape index (κ2) is 33.3. The molecule has 0 amide bonds. The lowest BCUT2D eigenvalue weighted by molar-refractivity contribution is -0.341. The summed E-state index contributed by atoms with van der Waals surface area (Å²) in [5.74, 6) is 0. The van der Waals surface area contributed by atoms with E-state index >= 15 is 0 Å². The Morgan fingerprint density at radius 3 is 0.690 bits per heavy atom. The third kappa shape index (κ3) is 31.0. The van der Waals surface area contributed by atoms with Crippen molar-refractivity contribution in [3.8, 4) is 0 Å². The molecule has 4 nitrogen and oxygen atoms in total. The van der Waals surface area contributed by atoms with Crippen LogP contribution in [0.25, 0.3) is 0 Å². The van der Waals surface area contributed by atoms with E-state index in [4.69, 9.17) is 0 Å². The first-order valence-electron chi connectivity index (χ1n) is 18.4. The van der Waals surface area contributed by atoms with E-state index in [0.29, 0.717) is 6.42 Å². The first kappa shape index (κ1) is 47.4. The molecule has 0 aliphatic carbocycles. The molecule has 0 aromatic rings. The molecule has 258 valence electrons. The van der Waals surface area contributed by atoms with Crippen LogP contribution < -0.4 is 9.79 Å². The molecule has 0 aromatic carbocycles. The molecule has 0 fully saturated rings. The molecule has 0 saturated heterocycles. The van der Waals surface area contributed by atoms with Gasteiger partial charge in [0.25, 0.3) is 0 Å². The molecule has 0 aliphatic heterocycles. The molecule has 0 spiro atoms. The molecular formula is C35H79O4P3. The Morgan fingerprint density at radius 1 is 0.405 bits per heavy atom. The summed E-state index contributed by atoms with van der Waals surface area (Å²) in [5.41, 5.74) is 0. The second-order valence-corrected chi connectivity index (χ2v) is 22.7. The van der Waals surface area contributed by atoms with Crippen molar-refractivity contribution in [2.45, 2.75) is 171 Å². The van der Waals surface area contributed by atoms with Crippen LogP contribution in [0.15, 0.2) is 0 Å². The van der Waals surface area contributed by atoms with Crippen molar-refractivity contribution < 1.29 is 18.9 Å². The smallest absolute Gasteiger partial charge is 0.0596 e. The zero-order valence-electron chi connectivity index (χ0n) is 30.4. The van der Waals surface area contributed by atoms with Crippen molar-refractivity contribution in [3.63, 3.8) is 0 Å². The van der Waals surface area contributed by atoms with Gasteiger partial charge in [-0.25, -0.2) is 0 Å². The number of phosphoric ester groups is 1. The van der Waals surface area contributed by atoms with E-state index in [1.54, 1.807) is 56.2 Å². The topological polar surface area (TPSA) is 72.4 Å². The fourth-order valence-electron chi connectivity index (χ4n) is 5.49. The highest BCUT2D eigenvalue weighted by Crippen LogP contribution is 2.62. The minimum absolute atomic E-state index is 0.00965. The van der Waals surface area contributed by atoms with Gasteiger partial charge in [0, 0.05) is 14.5 Å². The summed E-state index contributed by atoms with van der Waals surface area (Å²) in [6.07, 6.45) is 36.4. The fraction of sp³-hybridized carbons (Fsp3) is 1.00. The number of unbranched alkanes of at least 4 members (excludes halogenated alkanes) is 8. The predicted octanol–water partition coefficient (Wildman–Crippen LogP) is 11.7. The zero-order valence-corrected chi connectivity index (χ0v) is 33.0. The van der Waals surface area contributed by atoms with E-state index in [1.165, 1.54) is 103 Å². The largest absolute Gasteiger partial charge is 0.790 e. The highest BCUT2D eigenvalue weighted by molar-refractivity contribution is 7.76. The van der Waals surface area contributed by atoms with Gasteiger partial charge in [-0.1, -0.05) is 114 Å². The maximum atomic E-state index is 9.64. The Bertz CT molecular complexity index is 457. The molecule has 0 aliphatic rings. The van der Waals surface area contributed by atoms with Crippen LogP contribution >= 0.6 is 22.3 Å². The summed E-state index contributed by atoms with van der Waals surface area (Å²) < 4.78 is 13.5. The quantitative estimate of drug-likeness (QED) is 0.0825. The number of rotatable bonds is 27. The van der Waals surface area contributed by atoms with E-state index in [1.807, 2.05) is 0 Å². The van der Waals surface area contributed by atoms with E-state index in [0.717, 1.165) is 0 Å². The van der Waals surface area contributed by atoms with Gasteiger partial charge in [0.2, 0.25) is 0 Å². The molecule has 0 saturated carbocycles. The van der Waals surface area contributed by atoms with Gasteiger partial charge in [-0.15, -0.1) is 0 Å². The summed E-state index contributed by atoms with van der Waals surface area (Å²) in [5, 5.41) is 0. The van der Waals surface area contributed by atoms with Crippen molar-refractivity contribution >= 4 is 22.3 Å². The Labute approximate surface area is 268 Å². The van der Waals surface area contributed by atoms with Gasteiger partial charge in [0.05, 0.1) is 63.7 Å². The number of phosphoric acid groups is 1. The highest BCUT2D eigenvalue weighted by atomic mass is 31.2. The van der Waals surface area contributed by atoms with Crippen LogP contribution in [0.2, 0.25) is 0 Å². The SMILES string of the molecule is CCCC[P+](CCCC)(CCCC)CCCC.CCCC[P+](CCCC)(CCCC)CCCC.CCCOP(=O)([O-])[O-]. The van der Waals surface area contributed by atoms with Gasteiger partial charge >= 0.3 is 0 Å². The maximum Gasteiger partial charge on any atom is 0.0596 e. The van der Waals surface area contributed by atoms with Gasteiger partial charge in [-0.3, -0.25) is 0 Å². The summed E-state index contributed by atoms with van der Waals surface area (Å²) in [4.78, 5) is 19.3. The molecule has 42 heavy (non-hydrogen) atoms. The summed E-state index contributed by atoms with van der Waals surface area (Å²) in [6, 6.07) is 0. The van der Waals surface area contributed by atoms with Gasteiger partial charge in [0.1, 0.15) is 0 Å². The maximum absolute atomic E-state index is 9.64. The van der Waals surface area contributed by atoms with Gasteiger partial charge in [-0.2, -0.15) is 0 Å². The third-order valence-corrected chi connectivity index (χ3v) is 19.0. The van der Waals surface area contributed by atoms with Crippen molar-refractivity contribution in [2.24, 2.45) is 0 Å². The van der Waals surface area contributed by atoms with Crippen LogP contribution in [-0.2, 0) is 9.09 Å². The Morgan fingerprint density at radius 2 is 0.595 bits per heavy atom. The van der Waals surface area contributed by atoms with E-state index < -0.39 is 22.3 Å². The van der Waals surface area contributed by atoms with Crippen molar-refractivity contribution in [3.05, 3.63) is 0 Å². The van der Waals surface area contributed by atoms with Crippen molar-refractivity contribution in [2.75, 3.05) is 55.9 Å². The van der Waals surface area contributed by atoms with Crippen molar-refractivity contribution in [1.82, 2.24) is 0 Å². The van der Waals surface area contributed by atoms with E-state index in [-0.39, 0.29) is 6.61 Å². The molecular weight excluding hydrogens is 577 g/mol. The average Bonchev–Trinajstić information content (AvgIpc) is 2.99. The molecule has 0 aromatic heterocycles. The highest BCUT2D eigenvalue weighted by Gasteiger charge is 2.35. The van der Waals surface area contributed by atoms with Crippen LogP contribution in [0.3, 0.4) is 0 Å². The van der Waals surface area contributed by atoms with E-state index in [9.17, 15) is 14.4 Å². The first-order valence-corrected chi connectivity index (χ1v) is 24.9. The van der Waals surface area contributed by atoms with Crippen molar-refractivity contribution in [1.29, 1.82) is 0 Å². The average molecular weight is 657 g/mol. The Kier molecular flexibility index (Phi) is 37.6. The van der Waals surface area contributed by atoms with Crippen LogP contribution in [0.1, 0.15) is 171 Å². The molecule has 0 rings (SSSR count). The third-order valence-electron chi connectivity index (χ3n) is 8.34. The molecule has 0 heterocycles. The molecule has 0 radical (unpaired) electrons. The molecule has 0 unspecified atom stereocenters. The predicted molar refractivity (Wildman–Crippen MR) is 196 cm³/mol. The lowest BCUT2D eigenvalue weighted by Crippen LogP contribution is -2.16. The van der Waals surface area contributed by atoms with Gasteiger partial charge < -0.3 is 18.9 Å². The lowest BCUT2D eigenvalue weighted by atomic mass is 10.4. The van der Waals surface area contributed by atoms with Gasteiger partial charge in [-0.05, 0) is 57.8 Å². The molecule has 0 N–H and O–H groups in total.